The quantitative estimate of drug-likeness (QED) is 0.573. The van der Waals surface area contributed by atoms with E-state index < -0.39 is 0 Å². The van der Waals surface area contributed by atoms with E-state index in [0.717, 1.165) is 37.7 Å². The molecule has 7 heteroatoms. The summed E-state index contributed by atoms with van der Waals surface area (Å²) in [5.41, 5.74) is 1.15. The van der Waals surface area contributed by atoms with Crippen molar-refractivity contribution in [3.8, 4) is 0 Å². The van der Waals surface area contributed by atoms with Crippen molar-refractivity contribution in [2.24, 2.45) is 5.92 Å². The van der Waals surface area contributed by atoms with Crippen molar-refractivity contribution in [2.75, 3.05) is 29.9 Å². The van der Waals surface area contributed by atoms with Gasteiger partial charge in [0.1, 0.15) is 0 Å². The lowest BCUT2D eigenvalue weighted by Gasteiger charge is -2.34. The maximum atomic E-state index is 12.7. The normalized spacial score (nSPS) is 19.9. The lowest BCUT2D eigenvalue weighted by molar-refractivity contribution is 0.102. The van der Waals surface area contributed by atoms with Crippen LogP contribution in [0.2, 0.25) is 10.0 Å². The van der Waals surface area contributed by atoms with Gasteiger partial charge in [-0.2, -0.15) is 0 Å². The van der Waals surface area contributed by atoms with Crippen LogP contribution in [0.25, 0.3) is 0 Å². The van der Waals surface area contributed by atoms with Crippen molar-refractivity contribution in [2.45, 2.75) is 51.0 Å². The van der Waals surface area contributed by atoms with Gasteiger partial charge in [-0.1, -0.05) is 35.7 Å². The van der Waals surface area contributed by atoms with E-state index in [-0.39, 0.29) is 5.91 Å². The van der Waals surface area contributed by atoms with Crippen LogP contribution in [0.5, 0.6) is 0 Å². The number of nitrogens with one attached hydrogen (secondary N) is 2. The second-order valence-electron chi connectivity index (χ2n) is 8.64. The first-order chi connectivity index (χ1) is 15.1. The summed E-state index contributed by atoms with van der Waals surface area (Å²) in [7, 11) is 0. The van der Waals surface area contributed by atoms with Gasteiger partial charge in [-0.15, -0.1) is 0 Å². The van der Waals surface area contributed by atoms with E-state index in [1.165, 1.54) is 38.6 Å². The smallest absolute Gasteiger partial charge is 0.255 e. The first-order valence-electron chi connectivity index (χ1n) is 11.3. The molecule has 0 aliphatic carbocycles. The van der Waals surface area contributed by atoms with E-state index in [4.69, 9.17) is 23.2 Å². The van der Waals surface area contributed by atoms with Gasteiger partial charge >= 0.3 is 0 Å². The average Bonchev–Trinajstić information content (AvgIpc) is 2.79. The highest BCUT2D eigenvalue weighted by Crippen LogP contribution is 2.32. The third-order valence-corrected chi connectivity index (χ3v) is 6.86. The maximum Gasteiger partial charge on any atom is 0.255 e. The Kier molecular flexibility index (Phi) is 7.70. The highest BCUT2D eigenvalue weighted by molar-refractivity contribution is 6.31. The highest BCUT2D eigenvalue weighted by Gasteiger charge is 2.24. The summed E-state index contributed by atoms with van der Waals surface area (Å²) in [4.78, 5) is 19.6. The Labute approximate surface area is 194 Å². The van der Waals surface area contributed by atoms with Crippen molar-refractivity contribution in [1.29, 1.82) is 0 Å². The molecular formula is C24H30Cl2N4O. The molecule has 1 aromatic carbocycles. The number of carbonyl (C=O) groups excluding carboxylic acids is 1. The minimum Gasteiger partial charge on any atom is -0.355 e. The molecule has 0 radical (unpaired) electrons. The van der Waals surface area contributed by atoms with Crippen LogP contribution < -0.4 is 15.5 Å². The first kappa shape index (κ1) is 22.4. The molecule has 0 saturated carbocycles. The lowest BCUT2D eigenvalue weighted by atomic mass is 9.89. The van der Waals surface area contributed by atoms with Gasteiger partial charge < -0.3 is 15.5 Å². The van der Waals surface area contributed by atoms with Gasteiger partial charge in [-0.3, -0.25) is 4.79 Å². The monoisotopic (exact) mass is 460 g/mol. The number of pyridine rings is 1. The zero-order valence-electron chi connectivity index (χ0n) is 17.7. The predicted molar refractivity (Wildman–Crippen MR) is 128 cm³/mol. The van der Waals surface area contributed by atoms with Gasteiger partial charge in [0.15, 0.2) is 5.82 Å². The number of amides is 1. The molecule has 1 amide bonds. The summed E-state index contributed by atoms with van der Waals surface area (Å²) in [5, 5.41) is 7.67. The summed E-state index contributed by atoms with van der Waals surface area (Å²) in [6, 6.07) is 9.39. The van der Waals surface area contributed by atoms with Crippen molar-refractivity contribution in [3.63, 3.8) is 0 Å². The van der Waals surface area contributed by atoms with Gasteiger partial charge in [-0.05, 0) is 75.3 Å². The third-order valence-electron chi connectivity index (χ3n) is 6.42. The number of halogens is 2. The summed E-state index contributed by atoms with van der Waals surface area (Å²) in [5.74, 6) is 1.33. The minimum atomic E-state index is -0.220. The van der Waals surface area contributed by atoms with Crippen LogP contribution >= 0.6 is 23.2 Å². The molecule has 2 N–H and O–H groups in total. The number of aromatic nitrogens is 1. The van der Waals surface area contributed by atoms with Crippen molar-refractivity contribution in [3.05, 3.63) is 52.1 Å². The van der Waals surface area contributed by atoms with E-state index in [9.17, 15) is 4.79 Å². The number of anilines is 2. The Balaban J connectivity index is 1.37. The van der Waals surface area contributed by atoms with Gasteiger partial charge in [0.2, 0.25) is 0 Å². The Bertz CT molecular complexity index is 893. The number of benzene rings is 1. The minimum absolute atomic E-state index is 0.220. The molecular weight excluding hydrogens is 431 g/mol. The largest absolute Gasteiger partial charge is 0.355 e. The Morgan fingerprint density at radius 1 is 1.10 bits per heavy atom. The summed E-state index contributed by atoms with van der Waals surface area (Å²) < 4.78 is 0. The van der Waals surface area contributed by atoms with Gasteiger partial charge in [-0.25, -0.2) is 4.98 Å². The van der Waals surface area contributed by atoms with Crippen LogP contribution in [0.3, 0.4) is 0 Å². The summed E-state index contributed by atoms with van der Waals surface area (Å²) in [6.45, 7) is 3.06. The Hall–Kier alpha value is -1.82. The highest BCUT2D eigenvalue weighted by atomic mass is 35.5. The van der Waals surface area contributed by atoms with Gasteiger partial charge in [0, 0.05) is 35.9 Å². The van der Waals surface area contributed by atoms with Gasteiger partial charge in [0.25, 0.3) is 5.91 Å². The van der Waals surface area contributed by atoms with Gasteiger partial charge in [0.05, 0.1) is 10.7 Å². The number of hydrogen-bond donors (Lipinski definition) is 2. The van der Waals surface area contributed by atoms with E-state index >= 15 is 0 Å². The molecule has 1 unspecified atom stereocenters. The fraction of sp³-hybridized carbons (Fsp3) is 0.500. The zero-order valence-corrected chi connectivity index (χ0v) is 19.3. The second kappa shape index (κ2) is 10.7. The average molecular weight is 461 g/mol. The number of rotatable bonds is 6. The molecule has 166 valence electrons. The molecule has 1 aromatic heterocycles. The Morgan fingerprint density at radius 2 is 1.94 bits per heavy atom. The number of nitrogens with zero attached hydrogens (tertiary/aromatic N) is 2. The zero-order chi connectivity index (χ0) is 21.6. The van der Waals surface area contributed by atoms with E-state index in [0.29, 0.717) is 27.3 Å². The number of carbonyl (C=O) groups is 1. The number of piperidine rings is 2. The molecule has 0 bridgehead atoms. The molecule has 0 spiro atoms. The molecule has 1 atom stereocenters. The van der Waals surface area contributed by atoms with Crippen molar-refractivity contribution < 1.29 is 4.79 Å². The van der Waals surface area contributed by atoms with E-state index in [2.05, 4.69) is 20.5 Å². The molecule has 2 aliphatic rings. The molecule has 2 aliphatic heterocycles. The second-order valence-corrected chi connectivity index (χ2v) is 9.52. The summed E-state index contributed by atoms with van der Waals surface area (Å²) in [6.07, 6.45) is 10.5. The SMILES string of the molecule is O=C(Nc1cc(Cl)cnc1N1CCC(CCC2CCCCN2)CC1)c1cccc(Cl)c1. The molecule has 2 saturated heterocycles. The predicted octanol–water partition coefficient (Wildman–Crippen LogP) is 5.78. The Morgan fingerprint density at radius 3 is 2.68 bits per heavy atom. The van der Waals surface area contributed by atoms with E-state index in [1.807, 2.05) is 0 Å². The molecule has 2 aromatic rings. The van der Waals surface area contributed by atoms with Crippen LogP contribution in [-0.4, -0.2) is 36.6 Å². The third kappa shape index (κ3) is 6.12. The van der Waals surface area contributed by atoms with Crippen LogP contribution in [0.15, 0.2) is 36.5 Å². The maximum absolute atomic E-state index is 12.7. The number of hydrogen-bond acceptors (Lipinski definition) is 4. The molecule has 4 rings (SSSR count). The molecule has 31 heavy (non-hydrogen) atoms. The van der Waals surface area contributed by atoms with Crippen LogP contribution in [0.1, 0.15) is 55.3 Å². The van der Waals surface area contributed by atoms with Crippen LogP contribution in [-0.2, 0) is 0 Å². The fourth-order valence-corrected chi connectivity index (χ4v) is 4.99. The lowest BCUT2D eigenvalue weighted by Crippen LogP contribution is -2.37. The standard InChI is InChI=1S/C24H30Cl2N4O/c25-19-5-3-4-18(14-19)24(31)29-22-15-20(26)16-28-23(22)30-12-9-17(10-13-30)7-8-21-6-1-2-11-27-21/h3-5,14-17,21,27H,1-2,6-13H2,(H,29,31). The fourth-order valence-electron chi connectivity index (χ4n) is 4.64. The summed E-state index contributed by atoms with van der Waals surface area (Å²) >= 11 is 12.2. The van der Waals surface area contributed by atoms with E-state index in [1.54, 1.807) is 36.5 Å². The van der Waals surface area contributed by atoms with Crippen LogP contribution in [0.4, 0.5) is 11.5 Å². The molecule has 5 nitrogen and oxygen atoms in total. The van der Waals surface area contributed by atoms with Crippen LogP contribution in [0, 0.1) is 5.92 Å². The first-order valence-corrected chi connectivity index (χ1v) is 12.0. The van der Waals surface area contributed by atoms with Crippen molar-refractivity contribution >= 4 is 40.6 Å². The molecule has 2 fully saturated rings. The van der Waals surface area contributed by atoms with Crippen molar-refractivity contribution in [1.82, 2.24) is 10.3 Å². The topological polar surface area (TPSA) is 57.3 Å². The molecule has 3 heterocycles.